The van der Waals surface area contributed by atoms with Crippen LogP contribution in [-0.2, 0) is 13.2 Å². The lowest BCUT2D eigenvalue weighted by atomic mass is 10.1. The van der Waals surface area contributed by atoms with E-state index in [9.17, 15) is 0 Å². The van der Waals surface area contributed by atoms with E-state index in [0.717, 1.165) is 17.0 Å². The SMILES string of the molecule is Cc1ccc(OCc2ccccc2C#N)c(CN)n1. The molecule has 0 aliphatic rings. The molecule has 1 aromatic heterocycles. The van der Waals surface area contributed by atoms with E-state index in [1.165, 1.54) is 0 Å². The highest BCUT2D eigenvalue weighted by atomic mass is 16.5. The van der Waals surface area contributed by atoms with Gasteiger partial charge in [0.1, 0.15) is 12.4 Å². The number of rotatable bonds is 4. The quantitative estimate of drug-likeness (QED) is 0.907. The van der Waals surface area contributed by atoms with E-state index in [2.05, 4.69) is 11.1 Å². The van der Waals surface area contributed by atoms with Crippen molar-refractivity contribution in [2.75, 3.05) is 0 Å². The first kappa shape index (κ1) is 13.1. The largest absolute Gasteiger partial charge is 0.487 e. The van der Waals surface area contributed by atoms with E-state index < -0.39 is 0 Å². The highest BCUT2D eigenvalue weighted by Gasteiger charge is 2.06. The van der Waals surface area contributed by atoms with E-state index in [4.69, 9.17) is 15.7 Å². The normalized spacial score (nSPS) is 9.95. The summed E-state index contributed by atoms with van der Waals surface area (Å²) in [6, 6.07) is 13.3. The van der Waals surface area contributed by atoms with Gasteiger partial charge in [-0.15, -0.1) is 0 Å². The first-order chi connectivity index (χ1) is 9.24. The van der Waals surface area contributed by atoms with E-state index >= 15 is 0 Å². The van der Waals surface area contributed by atoms with Gasteiger partial charge in [-0.05, 0) is 25.1 Å². The Hall–Kier alpha value is -2.38. The van der Waals surface area contributed by atoms with Crippen LogP contribution in [0, 0.1) is 18.3 Å². The van der Waals surface area contributed by atoms with Crippen LogP contribution in [0.2, 0.25) is 0 Å². The minimum Gasteiger partial charge on any atom is -0.487 e. The number of nitriles is 1. The fourth-order valence-electron chi connectivity index (χ4n) is 1.79. The minimum atomic E-state index is 0.330. The molecule has 0 amide bonds. The Labute approximate surface area is 112 Å². The van der Waals surface area contributed by atoms with Gasteiger partial charge in [-0.3, -0.25) is 4.98 Å². The number of pyridine rings is 1. The first-order valence-corrected chi connectivity index (χ1v) is 6.02. The highest BCUT2D eigenvalue weighted by Crippen LogP contribution is 2.19. The monoisotopic (exact) mass is 253 g/mol. The molecule has 2 N–H and O–H groups in total. The predicted molar refractivity (Wildman–Crippen MR) is 72.4 cm³/mol. The van der Waals surface area contributed by atoms with Crippen LogP contribution in [0.1, 0.15) is 22.5 Å². The molecule has 0 saturated heterocycles. The molecule has 19 heavy (non-hydrogen) atoms. The number of nitrogens with zero attached hydrogens (tertiary/aromatic N) is 2. The first-order valence-electron chi connectivity index (χ1n) is 6.02. The fraction of sp³-hybridized carbons (Fsp3) is 0.200. The van der Waals surface area contributed by atoms with Gasteiger partial charge in [-0.1, -0.05) is 18.2 Å². The summed E-state index contributed by atoms with van der Waals surface area (Å²) < 4.78 is 5.72. The fourth-order valence-corrected chi connectivity index (χ4v) is 1.79. The maximum Gasteiger partial charge on any atom is 0.142 e. The predicted octanol–water partition coefficient (Wildman–Crippen LogP) is 2.30. The van der Waals surface area contributed by atoms with Gasteiger partial charge in [0.2, 0.25) is 0 Å². The standard InChI is InChI=1S/C15H15N3O/c1-11-6-7-15(14(9-17)18-11)19-10-13-5-3-2-4-12(13)8-16/h2-7H,9-10,17H2,1H3. The molecule has 4 nitrogen and oxygen atoms in total. The van der Waals surface area contributed by atoms with Gasteiger partial charge in [0, 0.05) is 17.8 Å². The second kappa shape index (κ2) is 5.98. The van der Waals surface area contributed by atoms with Crippen molar-refractivity contribution in [1.29, 1.82) is 5.26 Å². The second-order valence-electron chi connectivity index (χ2n) is 4.16. The summed E-state index contributed by atoms with van der Waals surface area (Å²) in [5.74, 6) is 0.667. The zero-order valence-corrected chi connectivity index (χ0v) is 10.8. The van der Waals surface area contributed by atoms with Gasteiger partial charge in [-0.25, -0.2) is 0 Å². The molecule has 2 rings (SSSR count). The summed E-state index contributed by atoms with van der Waals surface area (Å²) in [6.07, 6.45) is 0. The molecule has 1 heterocycles. The van der Waals surface area contributed by atoms with Gasteiger partial charge in [0.25, 0.3) is 0 Å². The van der Waals surface area contributed by atoms with Crippen molar-refractivity contribution in [2.24, 2.45) is 5.73 Å². The minimum absolute atomic E-state index is 0.330. The molecular weight excluding hydrogens is 238 g/mol. The number of hydrogen-bond donors (Lipinski definition) is 1. The van der Waals surface area contributed by atoms with Crippen molar-refractivity contribution in [2.45, 2.75) is 20.1 Å². The average molecular weight is 253 g/mol. The van der Waals surface area contributed by atoms with E-state index in [-0.39, 0.29) is 0 Å². The third-order valence-electron chi connectivity index (χ3n) is 2.79. The lowest BCUT2D eigenvalue weighted by molar-refractivity contribution is 0.301. The molecule has 0 atom stereocenters. The molecular formula is C15H15N3O. The molecule has 4 heteroatoms. The van der Waals surface area contributed by atoms with Gasteiger partial charge >= 0.3 is 0 Å². The second-order valence-corrected chi connectivity index (χ2v) is 4.16. The number of hydrogen-bond acceptors (Lipinski definition) is 4. The molecule has 0 unspecified atom stereocenters. The number of aromatic nitrogens is 1. The Morgan fingerprint density at radius 1 is 1.26 bits per heavy atom. The zero-order chi connectivity index (χ0) is 13.7. The highest BCUT2D eigenvalue weighted by molar-refractivity contribution is 5.37. The Bertz CT molecular complexity index is 617. The van der Waals surface area contributed by atoms with Gasteiger partial charge < -0.3 is 10.5 Å². The van der Waals surface area contributed by atoms with E-state index in [1.54, 1.807) is 6.07 Å². The Morgan fingerprint density at radius 3 is 2.79 bits per heavy atom. The van der Waals surface area contributed by atoms with Gasteiger partial charge in [-0.2, -0.15) is 5.26 Å². The average Bonchev–Trinajstić information content (AvgIpc) is 2.46. The Balaban J connectivity index is 2.17. The van der Waals surface area contributed by atoms with E-state index in [1.807, 2.05) is 37.3 Å². The summed E-state index contributed by atoms with van der Waals surface area (Å²) in [4.78, 5) is 4.33. The lowest BCUT2D eigenvalue weighted by Crippen LogP contribution is -2.06. The maximum absolute atomic E-state index is 9.01. The number of aryl methyl sites for hydroxylation is 1. The number of ether oxygens (including phenoxy) is 1. The molecule has 0 aliphatic heterocycles. The smallest absolute Gasteiger partial charge is 0.142 e. The van der Waals surface area contributed by atoms with Crippen molar-refractivity contribution in [3.8, 4) is 11.8 Å². The van der Waals surface area contributed by atoms with Crippen LogP contribution in [0.15, 0.2) is 36.4 Å². The van der Waals surface area contributed by atoms with Gasteiger partial charge in [0.05, 0.1) is 17.3 Å². The topological polar surface area (TPSA) is 71.9 Å². The van der Waals surface area contributed by atoms with Crippen LogP contribution in [0.4, 0.5) is 0 Å². The molecule has 0 saturated carbocycles. The van der Waals surface area contributed by atoms with Crippen LogP contribution >= 0.6 is 0 Å². The van der Waals surface area contributed by atoms with Crippen LogP contribution in [0.25, 0.3) is 0 Å². The zero-order valence-electron chi connectivity index (χ0n) is 10.8. The summed E-state index contributed by atoms with van der Waals surface area (Å²) in [5.41, 5.74) is 8.77. The molecule has 0 aliphatic carbocycles. The molecule has 0 spiro atoms. The van der Waals surface area contributed by atoms with Crippen LogP contribution in [-0.4, -0.2) is 4.98 Å². The lowest BCUT2D eigenvalue weighted by Gasteiger charge is -2.11. The van der Waals surface area contributed by atoms with Crippen LogP contribution in [0.3, 0.4) is 0 Å². The number of nitrogens with two attached hydrogens (primary N) is 1. The Kier molecular flexibility index (Phi) is 4.11. The van der Waals surface area contributed by atoms with Gasteiger partial charge in [0.15, 0.2) is 0 Å². The molecule has 1 aromatic carbocycles. The number of benzene rings is 1. The third-order valence-corrected chi connectivity index (χ3v) is 2.79. The van der Waals surface area contributed by atoms with Crippen molar-refractivity contribution < 1.29 is 4.74 Å². The Morgan fingerprint density at radius 2 is 2.05 bits per heavy atom. The summed E-state index contributed by atoms with van der Waals surface area (Å²) in [5, 5.41) is 9.01. The maximum atomic E-state index is 9.01. The molecule has 0 bridgehead atoms. The molecule has 0 radical (unpaired) electrons. The molecule has 0 fully saturated rings. The van der Waals surface area contributed by atoms with Crippen LogP contribution in [0.5, 0.6) is 5.75 Å². The van der Waals surface area contributed by atoms with Crippen molar-refractivity contribution >= 4 is 0 Å². The molecule has 96 valence electrons. The summed E-state index contributed by atoms with van der Waals surface area (Å²) >= 11 is 0. The van der Waals surface area contributed by atoms with E-state index in [0.29, 0.717) is 24.5 Å². The molecule has 2 aromatic rings. The third kappa shape index (κ3) is 3.09. The summed E-state index contributed by atoms with van der Waals surface area (Å²) in [6.45, 7) is 2.58. The van der Waals surface area contributed by atoms with Crippen LogP contribution < -0.4 is 10.5 Å². The van der Waals surface area contributed by atoms with Crippen molar-refractivity contribution in [3.63, 3.8) is 0 Å². The van der Waals surface area contributed by atoms with Crippen molar-refractivity contribution in [1.82, 2.24) is 4.98 Å². The van der Waals surface area contributed by atoms with Crippen molar-refractivity contribution in [3.05, 3.63) is 58.9 Å². The summed E-state index contributed by atoms with van der Waals surface area (Å²) in [7, 11) is 0.